The maximum Gasteiger partial charge on any atom is 0.273 e. The van der Waals surface area contributed by atoms with Crippen LogP contribution in [0.1, 0.15) is 27.7 Å². The van der Waals surface area contributed by atoms with Crippen molar-refractivity contribution in [2.75, 3.05) is 6.54 Å². The van der Waals surface area contributed by atoms with E-state index in [1.54, 1.807) is 0 Å². The molecule has 0 rings (SSSR count). The van der Waals surface area contributed by atoms with Gasteiger partial charge in [-0.15, -0.1) is 0 Å². The first-order valence-electron chi connectivity index (χ1n) is 5.28. The minimum atomic E-state index is -3.26. The van der Waals surface area contributed by atoms with Crippen LogP contribution in [0.25, 0.3) is 0 Å². The number of hydrogen-bond acceptors (Lipinski definition) is 3. The summed E-state index contributed by atoms with van der Waals surface area (Å²) in [5.41, 5.74) is 10.4. The Hall–Kier alpha value is -0.440. The van der Waals surface area contributed by atoms with Crippen molar-refractivity contribution in [3.8, 4) is 6.07 Å². The Bertz CT molecular complexity index is 285. The third-order valence-electron chi connectivity index (χ3n) is 2.23. The summed E-state index contributed by atoms with van der Waals surface area (Å²) < 4.78 is 11.1. The molecule has 0 aromatic carbocycles. The molecule has 1 unspecified atom stereocenters. The van der Waals surface area contributed by atoms with Gasteiger partial charge in [-0.25, -0.2) is 5.09 Å². The molecule has 16 heavy (non-hydrogen) atoms. The zero-order chi connectivity index (χ0) is 12.9. The number of nitrogens with zero attached hydrogens (tertiary/aromatic N) is 2. The molecule has 0 saturated heterocycles. The van der Waals surface area contributed by atoms with Crippen LogP contribution in [-0.4, -0.2) is 29.6 Å². The highest BCUT2D eigenvalue weighted by Gasteiger charge is 2.24. The van der Waals surface area contributed by atoms with Crippen molar-refractivity contribution in [2.45, 2.75) is 45.8 Å². The van der Waals surface area contributed by atoms with Gasteiger partial charge in [-0.2, -0.15) is 5.26 Å². The van der Waals surface area contributed by atoms with Crippen LogP contribution in [0.3, 0.4) is 0 Å². The maximum absolute atomic E-state index is 11.1. The SMILES string of the molecule is CC(C)N(C(C)C)C(C#N)CNP(N)(N)=O. The highest BCUT2D eigenvalue weighted by molar-refractivity contribution is 7.56. The molecule has 0 spiro atoms. The first-order chi connectivity index (χ1) is 7.19. The Labute approximate surface area is 97.5 Å². The van der Waals surface area contributed by atoms with E-state index in [1.807, 2.05) is 32.6 Å². The van der Waals surface area contributed by atoms with Crippen LogP contribution in [0.5, 0.6) is 0 Å². The summed E-state index contributed by atoms with van der Waals surface area (Å²) >= 11 is 0. The van der Waals surface area contributed by atoms with Crippen molar-refractivity contribution in [2.24, 2.45) is 11.0 Å². The van der Waals surface area contributed by atoms with Crippen molar-refractivity contribution >= 4 is 7.59 Å². The summed E-state index contributed by atoms with van der Waals surface area (Å²) in [4.78, 5) is 2.02. The lowest BCUT2D eigenvalue weighted by atomic mass is 10.1. The van der Waals surface area contributed by atoms with Crippen LogP contribution in [0, 0.1) is 11.3 Å². The molecule has 0 amide bonds. The van der Waals surface area contributed by atoms with E-state index >= 15 is 0 Å². The first-order valence-corrected chi connectivity index (χ1v) is 7.13. The number of nitrogens with one attached hydrogen (secondary N) is 1. The Morgan fingerprint density at radius 1 is 1.31 bits per heavy atom. The molecule has 0 saturated carbocycles. The van der Waals surface area contributed by atoms with Crippen molar-refractivity contribution in [3.05, 3.63) is 0 Å². The second-order valence-corrected chi connectivity index (χ2v) is 6.09. The van der Waals surface area contributed by atoms with Gasteiger partial charge in [-0.1, -0.05) is 0 Å². The zero-order valence-corrected chi connectivity index (χ0v) is 11.2. The molecule has 0 fully saturated rings. The molecule has 1 atom stereocenters. The topological polar surface area (TPSA) is 108 Å². The molecule has 7 heteroatoms. The third-order valence-corrected chi connectivity index (χ3v) is 2.91. The van der Waals surface area contributed by atoms with E-state index in [0.717, 1.165) is 0 Å². The van der Waals surface area contributed by atoms with E-state index in [1.165, 1.54) is 0 Å². The zero-order valence-electron chi connectivity index (χ0n) is 10.3. The molecule has 0 heterocycles. The molecule has 0 aromatic rings. The van der Waals surface area contributed by atoms with Gasteiger partial charge in [-0.3, -0.25) is 20.5 Å². The number of nitriles is 1. The van der Waals surface area contributed by atoms with E-state index in [2.05, 4.69) is 11.2 Å². The molecule has 5 N–H and O–H groups in total. The average Bonchev–Trinajstić information content (AvgIpc) is 2.08. The van der Waals surface area contributed by atoms with Crippen LogP contribution in [0.2, 0.25) is 0 Å². The highest BCUT2D eigenvalue weighted by atomic mass is 31.2. The number of rotatable bonds is 6. The number of hydrogen-bond donors (Lipinski definition) is 3. The molecule has 0 aliphatic heterocycles. The molecule has 0 bridgehead atoms. The summed E-state index contributed by atoms with van der Waals surface area (Å²) in [5, 5.41) is 11.6. The van der Waals surface area contributed by atoms with Crippen molar-refractivity contribution < 1.29 is 4.57 Å². The standard InChI is InChI=1S/C9H22N5OP/c1-7(2)14(8(3)4)9(5-10)6-13-16(11,12)15/h7-9H,6H2,1-4H3,(H5,11,12,13,15). The largest absolute Gasteiger partial charge is 0.282 e. The highest BCUT2D eigenvalue weighted by Crippen LogP contribution is 2.18. The Balaban J connectivity index is 4.59. The van der Waals surface area contributed by atoms with Crippen molar-refractivity contribution in [1.82, 2.24) is 9.99 Å². The van der Waals surface area contributed by atoms with Gasteiger partial charge in [0, 0.05) is 18.6 Å². The second kappa shape index (κ2) is 6.33. The summed E-state index contributed by atoms with van der Waals surface area (Å²) in [6.45, 7) is 8.24. The van der Waals surface area contributed by atoms with Gasteiger partial charge in [0.15, 0.2) is 0 Å². The quantitative estimate of drug-likeness (QED) is 0.593. The van der Waals surface area contributed by atoms with Crippen LogP contribution in [-0.2, 0) is 4.57 Å². The minimum Gasteiger partial charge on any atom is -0.282 e. The molecule has 94 valence electrons. The summed E-state index contributed by atoms with van der Waals surface area (Å²) in [6, 6.07) is 2.23. The van der Waals surface area contributed by atoms with E-state index in [-0.39, 0.29) is 24.7 Å². The van der Waals surface area contributed by atoms with Crippen molar-refractivity contribution in [3.63, 3.8) is 0 Å². The lowest BCUT2D eigenvalue weighted by Gasteiger charge is -2.34. The fourth-order valence-electron chi connectivity index (χ4n) is 1.76. The van der Waals surface area contributed by atoms with Gasteiger partial charge in [0.2, 0.25) is 0 Å². The fourth-order valence-corrected chi connectivity index (χ4v) is 2.22. The fraction of sp³-hybridized carbons (Fsp3) is 0.889. The van der Waals surface area contributed by atoms with E-state index in [0.29, 0.717) is 0 Å². The summed E-state index contributed by atoms with van der Waals surface area (Å²) in [6.07, 6.45) is 0. The van der Waals surface area contributed by atoms with Crippen LogP contribution < -0.4 is 16.1 Å². The van der Waals surface area contributed by atoms with E-state index in [4.69, 9.17) is 16.3 Å². The molecule has 0 radical (unpaired) electrons. The van der Waals surface area contributed by atoms with Gasteiger partial charge >= 0.3 is 0 Å². The van der Waals surface area contributed by atoms with Crippen LogP contribution in [0.15, 0.2) is 0 Å². The third kappa shape index (κ3) is 5.59. The maximum atomic E-state index is 11.1. The predicted octanol–water partition coefficient (Wildman–Crippen LogP) is 0.612. The monoisotopic (exact) mass is 247 g/mol. The Kier molecular flexibility index (Phi) is 6.16. The van der Waals surface area contributed by atoms with Gasteiger partial charge in [0.05, 0.1) is 6.07 Å². The summed E-state index contributed by atoms with van der Waals surface area (Å²) in [7, 11) is -3.26. The molecular weight excluding hydrogens is 225 g/mol. The van der Waals surface area contributed by atoms with Crippen LogP contribution >= 0.6 is 7.59 Å². The lowest BCUT2D eigenvalue weighted by molar-refractivity contribution is 0.143. The molecule has 6 nitrogen and oxygen atoms in total. The normalized spacial score (nSPS) is 14.5. The molecule has 0 aliphatic carbocycles. The Morgan fingerprint density at radius 3 is 2.00 bits per heavy atom. The van der Waals surface area contributed by atoms with Gasteiger partial charge in [0.1, 0.15) is 6.04 Å². The molecule has 0 aromatic heterocycles. The smallest absolute Gasteiger partial charge is 0.273 e. The van der Waals surface area contributed by atoms with Gasteiger partial charge in [0.25, 0.3) is 7.59 Å². The van der Waals surface area contributed by atoms with Crippen molar-refractivity contribution in [1.29, 1.82) is 5.26 Å². The van der Waals surface area contributed by atoms with E-state index < -0.39 is 7.59 Å². The lowest BCUT2D eigenvalue weighted by Crippen LogP contribution is -2.49. The second-order valence-electron chi connectivity index (χ2n) is 4.35. The van der Waals surface area contributed by atoms with E-state index in [9.17, 15) is 4.57 Å². The molecule has 0 aliphatic rings. The number of nitrogens with two attached hydrogens (primary N) is 2. The molecular formula is C9H22N5OP. The predicted molar refractivity (Wildman–Crippen MR) is 65.5 cm³/mol. The Morgan fingerprint density at radius 2 is 1.75 bits per heavy atom. The summed E-state index contributed by atoms with van der Waals surface area (Å²) in [5.74, 6) is 0. The minimum absolute atomic E-state index is 0.205. The average molecular weight is 247 g/mol. The van der Waals surface area contributed by atoms with Gasteiger partial charge in [-0.05, 0) is 27.7 Å². The van der Waals surface area contributed by atoms with Gasteiger partial charge < -0.3 is 0 Å². The van der Waals surface area contributed by atoms with Crippen LogP contribution in [0.4, 0.5) is 0 Å². The first kappa shape index (κ1) is 15.6.